The van der Waals surface area contributed by atoms with E-state index in [2.05, 4.69) is 5.32 Å². The Bertz CT molecular complexity index is 1200. The van der Waals surface area contributed by atoms with Gasteiger partial charge in [0.1, 0.15) is 5.54 Å². The van der Waals surface area contributed by atoms with Crippen LogP contribution in [0.3, 0.4) is 0 Å². The van der Waals surface area contributed by atoms with Gasteiger partial charge in [0, 0.05) is 36.9 Å². The minimum atomic E-state index is -1.15. The van der Waals surface area contributed by atoms with Gasteiger partial charge in [0.05, 0.1) is 10.8 Å². The van der Waals surface area contributed by atoms with Gasteiger partial charge >= 0.3 is 0 Å². The molecule has 1 saturated heterocycles. The zero-order chi connectivity index (χ0) is 21.9. The number of carbonyl (C=O) groups is 3. The van der Waals surface area contributed by atoms with Crippen molar-refractivity contribution in [2.75, 3.05) is 25.5 Å². The fourth-order valence-electron chi connectivity index (χ4n) is 5.26. The van der Waals surface area contributed by atoms with E-state index in [1.165, 1.54) is 11.3 Å². The number of hydrogen-bond donors (Lipinski definition) is 1. The smallest absolute Gasteiger partial charge is 0.264 e. The topological polar surface area (TPSA) is 69.7 Å². The van der Waals surface area contributed by atoms with Crippen LogP contribution in [0.5, 0.6) is 0 Å². The Labute approximate surface area is 184 Å². The molecule has 5 rings (SSSR count). The number of anilines is 1. The predicted molar refractivity (Wildman–Crippen MR) is 121 cm³/mol. The van der Waals surface area contributed by atoms with Crippen LogP contribution in [0.2, 0.25) is 0 Å². The molecule has 7 heteroatoms. The maximum Gasteiger partial charge on any atom is 0.264 e. The monoisotopic (exact) mass is 433 g/mol. The van der Waals surface area contributed by atoms with Crippen molar-refractivity contribution in [1.29, 1.82) is 0 Å². The molecule has 0 aliphatic carbocycles. The lowest BCUT2D eigenvalue weighted by Gasteiger charge is -2.45. The molecule has 6 nitrogen and oxygen atoms in total. The summed E-state index contributed by atoms with van der Waals surface area (Å²) in [6.07, 6.45) is 0. The van der Waals surface area contributed by atoms with Gasteiger partial charge in [0.25, 0.3) is 11.8 Å². The van der Waals surface area contributed by atoms with Crippen LogP contribution in [0, 0.1) is 5.92 Å². The van der Waals surface area contributed by atoms with E-state index in [9.17, 15) is 14.4 Å². The van der Waals surface area contributed by atoms with Crippen molar-refractivity contribution in [3.8, 4) is 0 Å². The molecule has 0 bridgehead atoms. The van der Waals surface area contributed by atoms with Crippen molar-refractivity contribution in [1.82, 2.24) is 10.2 Å². The Morgan fingerprint density at radius 1 is 1.13 bits per heavy atom. The van der Waals surface area contributed by atoms with E-state index >= 15 is 0 Å². The molecule has 158 valence electrons. The lowest BCUT2D eigenvalue weighted by molar-refractivity contribution is -0.128. The van der Waals surface area contributed by atoms with Crippen LogP contribution in [0.4, 0.5) is 5.69 Å². The van der Waals surface area contributed by atoms with Crippen molar-refractivity contribution < 1.29 is 14.4 Å². The molecule has 0 saturated carbocycles. The van der Waals surface area contributed by atoms with Gasteiger partial charge in [-0.05, 0) is 36.1 Å². The highest BCUT2D eigenvalue weighted by Crippen LogP contribution is 2.53. The van der Waals surface area contributed by atoms with Gasteiger partial charge in [-0.3, -0.25) is 14.4 Å². The highest BCUT2D eigenvalue weighted by Gasteiger charge is 2.63. The fourth-order valence-corrected chi connectivity index (χ4v) is 6.27. The van der Waals surface area contributed by atoms with Crippen LogP contribution in [0.25, 0.3) is 10.1 Å². The highest BCUT2D eigenvalue weighted by molar-refractivity contribution is 7.20. The molecule has 2 aliphatic heterocycles. The Morgan fingerprint density at radius 2 is 1.84 bits per heavy atom. The maximum atomic E-state index is 13.7. The third-order valence-electron chi connectivity index (χ3n) is 6.78. The molecule has 1 aromatic heterocycles. The average molecular weight is 434 g/mol. The Morgan fingerprint density at radius 3 is 2.58 bits per heavy atom. The molecule has 3 amide bonds. The van der Waals surface area contributed by atoms with E-state index in [0.29, 0.717) is 4.88 Å². The van der Waals surface area contributed by atoms with E-state index in [4.69, 9.17) is 0 Å². The Kier molecular flexibility index (Phi) is 4.41. The second-order valence-electron chi connectivity index (χ2n) is 8.33. The van der Waals surface area contributed by atoms with Crippen molar-refractivity contribution in [3.63, 3.8) is 0 Å². The summed E-state index contributed by atoms with van der Waals surface area (Å²) < 4.78 is 1.02. The van der Waals surface area contributed by atoms with Crippen LogP contribution in [-0.2, 0) is 9.59 Å². The number of thiophene rings is 1. The first-order chi connectivity index (χ1) is 14.9. The van der Waals surface area contributed by atoms with Crippen molar-refractivity contribution in [2.45, 2.75) is 18.4 Å². The minimum absolute atomic E-state index is 0.157. The number of likely N-dealkylation sites (N-methyl/N-ethyl adjacent to an activating group) is 1. The summed E-state index contributed by atoms with van der Waals surface area (Å²) in [4.78, 5) is 44.1. The summed E-state index contributed by atoms with van der Waals surface area (Å²) >= 11 is 1.42. The third-order valence-corrected chi connectivity index (χ3v) is 7.89. The number of para-hydroxylation sites is 1. The molecule has 31 heavy (non-hydrogen) atoms. The third kappa shape index (κ3) is 2.66. The molecule has 1 fully saturated rings. The molecule has 3 atom stereocenters. The summed E-state index contributed by atoms with van der Waals surface area (Å²) in [5, 5.41) is 3.73. The Hall–Kier alpha value is -3.19. The summed E-state index contributed by atoms with van der Waals surface area (Å²) in [7, 11) is 3.33. The lowest BCUT2D eigenvalue weighted by Crippen LogP contribution is -2.60. The zero-order valence-electron chi connectivity index (χ0n) is 17.6. The maximum absolute atomic E-state index is 13.7. The first-order valence-electron chi connectivity index (χ1n) is 10.3. The number of nitrogens with one attached hydrogen (secondary N) is 1. The van der Waals surface area contributed by atoms with Gasteiger partial charge < -0.3 is 15.1 Å². The standard InChI is InChI=1S/C24H23N3O3S/c1-24-20(15-9-5-6-10-17(15)26(3)23(24)30)16(21(28)25-2)13-27(24)22(29)19-12-14-8-4-7-11-18(14)31-19/h4-12,16,20H,13H2,1-3H3,(H,25,28)/t16-,20+,24-/m0/s1. The van der Waals surface area contributed by atoms with Crippen molar-refractivity contribution >= 4 is 44.8 Å². The molecule has 0 spiro atoms. The first kappa shape index (κ1) is 19.8. The fraction of sp³-hybridized carbons (Fsp3) is 0.292. The zero-order valence-corrected chi connectivity index (χ0v) is 18.4. The molecule has 2 aliphatic rings. The second-order valence-corrected chi connectivity index (χ2v) is 9.42. The normalized spacial score (nSPS) is 24.8. The molecule has 3 aromatic rings. The van der Waals surface area contributed by atoms with E-state index in [1.807, 2.05) is 54.6 Å². The number of benzene rings is 2. The number of rotatable bonds is 2. The number of nitrogens with zero attached hydrogens (tertiary/aromatic N) is 2. The number of amides is 3. The average Bonchev–Trinajstić information content (AvgIpc) is 3.36. The van der Waals surface area contributed by atoms with Crippen LogP contribution in [-0.4, -0.2) is 48.8 Å². The highest BCUT2D eigenvalue weighted by atomic mass is 32.1. The molecule has 2 aromatic carbocycles. The second kappa shape index (κ2) is 6.92. The van der Waals surface area contributed by atoms with Crippen LogP contribution in [0.15, 0.2) is 54.6 Å². The quantitative estimate of drug-likeness (QED) is 0.675. The summed E-state index contributed by atoms with van der Waals surface area (Å²) in [6.45, 7) is 2.00. The van der Waals surface area contributed by atoms with Gasteiger partial charge in [0.2, 0.25) is 5.91 Å². The van der Waals surface area contributed by atoms with E-state index < -0.39 is 17.4 Å². The molecular formula is C24H23N3O3S. The van der Waals surface area contributed by atoms with Gasteiger partial charge in [-0.2, -0.15) is 0 Å². The van der Waals surface area contributed by atoms with Gasteiger partial charge in [-0.15, -0.1) is 11.3 Å². The summed E-state index contributed by atoms with van der Waals surface area (Å²) in [5.74, 6) is -1.45. The summed E-state index contributed by atoms with van der Waals surface area (Å²) in [5.41, 5.74) is 0.570. The lowest BCUT2D eigenvalue weighted by atomic mass is 9.72. The number of hydrogen-bond acceptors (Lipinski definition) is 4. The number of carbonyl (C=O) groups excluding carboxylic acids is 3. The number of fused-ring (bicyclic) bond motifs is 4. The van der Waals surface area contributed by atoms with Crippen molar-refractivity contribution in [3.05, 3.63) is 65.0 Å². The van der Waals surface area contributed by atoms with Crippen molar-refractivity contribution in [2.24, 2.45) is 5.92 Å². The SMILES string of the molecule is CNC(=O)[C@H]1CN(C(=O)c2cc3ccccc3s2)[C@]2(C)C(=O)N(C)c3ccccc3[C@H]12. The van der Waals surface area contributed by atoms with Crippen LogP contribution >= 0.6 is 11.3 Å². The minimum Gasteiger partial charge on any atom is -0.359 e. The molecular weight excluding hydrogens is 410 g/mol. The Balaban J connectivity index is 1.66. The van der Waals surface area contributed by atoms with Gasteiger partial charge in [-0.25, -0.2) is 0 Å². The van der Waals surface area contributed by atoms with Gasteiger partial charge in [-0.1, -0.05) is 36.4 Å². The molecule has 0 radical (unpaired) electrons. The summed E-state index contributed by atoms with van der Waals surface area (Å²) in [6, 6.07) is 17.4. The molecule has 1 N–H and O–H groups in total. The predicted octanol–water partition coefficient (Wildman–Crippen LogP) is 3.24. The van der Waals surface area contributed by atoms with E-state index in [1.54, 1.807) is 30.8 Å². The van der Waals surface area contributed by atoms with Gasteiger partial charge in [0.15, 0.2) is 0 Å². The van der Waals surface area contributed by atoms with E-state index in [0.717, 1.165) is 21.3 Å². The number of likely N-dealkylation sites (tertiary alicyclic amines) is 1. The van der Waals surface area contributed by atoms with E-state index in [-0.39, 0.29) is 24.3 Å². The van der Waals surface area contributed by atoms with Crippen LogP contribution < -0.4 is 10.2 Å². The van der Waals surface area contributed by atoms with Crippen LogP contribution in [0.1, 0.15) is 28.1 Å². The first-order valence-corrected chi connectivity index (χ1v) is 11.1. The largest absolute Gasteiger partial charge is 0.359 e. The molecule has 3 heterocycles. The molecule has 0 unspecified atom stereocenters.